The fourth-order valence-electron chi connectivity index (χ4n) is 3.36. The second-order valence-corrected chi connectivity index (χ2v) is 8.06. The molecule has 9 heteroatoms. The van der Waals surface area contributed by atoms with Crippen LogP contribution in [0, 0.1) is 0 Å². The van der Waals surface area contributed by atoms with Gasteiger partial charge in [0, 0.05) is 10.0 Å². The molecule has 2 amide bonds. The van der Waals surface area contributed by atoms with Crippen LogP contribution in [0.1, 0.15) is 15.9 Å². The molecule has 5 rings (SSSR count). The summed E-state index contributed by atoms with van der Waals surface area (Å²) < 4.78 is 11.6. The highest BCUT2D eigenvalue weighted by Gasteiger charge is 2.32. The topological polar surface area (TPSA) is 92.3 Å². The number of benzene rings is 3. The SMILES string of the molecule is O=C(NNC1=N/C(=C\c2ccc3c(c2)OCO3)C(=O)N1c1ccccc1)c1ccc(Br)cc1. The van der Waals surface area contributed by atoms with Gasteiger partial charge in [0.25, 0.3) is 11.8 Å². The summed E-state index contributed by atoms with van der Waals surface area (Å²) in [5, 5.41) is 0. The number of para-hydroxylation sites is 1. The number of ether oxygens (including phenoxy) is 2. The molecular formula is C24H17BrN4O4. The van der Waals surface area contributed by atoms with Crippen molar-refractivity contribution in [1.82, 2.24) is 10.9 Å². The average molecular weight is 505 g/mol. The fourth-order valence-corrected chi connectivity index (χ4v) is 3.63. The summed E-state index contributed by atoms with van der Waals surface area (Å²) >= 11 is 3.35. The molecule has 0 saturated heterocycles. The third-order valence-corrected chi connectivity index (χ3v) is 5.50. The first-order chi connectivity index (χ1) is 16.1. The number of fused-ring (bicyclic) bond motifs is 1. The van der Waals surface area contributed by atoms with Crippen molar-refractivity contribution in [2.45, 2.75) is 0 Å². The molecule has 2 aliphatic heterocycles. The van der Waals surface area contributed by atoms with Crippen molar-refractivity contribution in [3.63, 3.8) is 0 Å². The standard InChI is InChI=1S/C24H17BrN4O4/c25-17-9-7-16(8-10-17)22(30)27-28-24-26-19(23(31)29(24)18-4-2-1-3-5-18)12-15-6-11-20-21(13-15)33-14-32-20/h1-13H,14H2,(H,26,28)(H,27,30)/b19-12-. The predicted octanol–water partition coefficient (Wildman–Crippen LogP) is 3.86. The lowest BCUT2D eigenvalue weighted by Gasteiger charge is -2.19. The highest BCUT2D eigenvalue weighted by Crippen LogP contribution is 2.33. The lowest BCUT2D eigenvalue weighted by molar-refractivity contribution is -0.113. The minimum Gasteiger partial charge on any atom is -0.454 e. The molecule has 2 aliphatic rings. The second kappa shape index (κ2) is 8.79. The van der Waals surface area contributed by atoms with Crippen LogP contribution in [0.5, 0.6) is 11.5 Å². The molecule has 0 spiro atoms. The number of hydrogen-bond acceptors (Lipinski definition) is 6. The molecule has 3 aromatic rings. The molecular weight excluding hydrogens is 488 g/mol. The number of halogens is 1. The van der Waals surface area contributed by atoms with E-state index < -0.39 is 0 Å². The number of amides is 2. The molecule has 0 atom stereocenters. The van der Waals surface area contributed by atoms with Crippen LogP contribution in [0.15, 0.2) is 88.0 Å². The monoisotopic (exact) mass is 504 g/mol. The Kier molecular flexibility index (Phi) is 5.54. The third kappa shape index (κ3) is 4.31. The van der Waals surface area contributed by atoms with Crippen molar-refractivity contribution in [3.05, 3.63) is 94.1 Å². The Morgan fingerprint density at radius 1 is 1.00 bits per heavy atom. The van der Waals surface area contributed by atoms with Gasteiger partial charge in [0.2, 0.25) is 12.8 Å². The lowest BCUT2D eigenvalue weighted by Crippen LogP contribution is -2.49. The van der Waals surface area contributed by atoms with Crippen LogP contribution in [0.2, 0.25) is 0 Å². The Morgan fingerprint density at radius 2 is 1.76 bits per heavy atom. The first kappa shape index (κ1) is 20.8. The number of carbonyl (C=O) groups is 2. The summed E-state index contributed by atoms with van der Waals surface area (Å²) in [5.41, 5.74) is 7.41. The van der Waals surface area contributed by atoms with Gasteiger partial charge in [0.05, 0.1) is 5.69 Å². The molecule has 0 unspecified atom stereocenters. The normalized spacial score (nSPS) is 15.5. The Morgan fingerprint density at radius 3 is 2.55 bits per heavy atom. The van der Waals surface area contributed by atoms with E-state index in [0.717, 1.165) is 10.0 Å². The van der Waals surface area contributed by atoms with E-state index in [1.165, 1.54) is 4.90 Å². The van der Waals surface area contributed by atoms with Crippen LogP contribution >= 0.6 is 15.9 Å². The van der Waals surface area contributed by atoms with E-state index in [9.17, 15) is 9.59 Å². The van der Waals surface area contributed by atoms with Crippen molar-refractivity contribution in [2.24, 2.45) is 4.99 Å². The van der Waals surface area contributed by atoms with E-state index in [0.29, 0.717) is 22.7 Å². The van der Waals surface area contributed by atoms with E-state index in [1.807, 2.05) is 24.3 Å². The van der Waals surface area contributed by atoms with E-state index in [1.54, 1.807) is 54.6 Å². The van der Waals surface area contributed by atoms with Gasteiger partial charge in [0.1, 0.15) is 5.70 Å². The quantitative estimate of drug-likeness (QED) is 0.417. The van der Waals surface area contributed by atoms with Gasteiger partial charge in [-0.15, -0.1) is 0 Å². The van der Waals surface area contributed by atoms with Gasteiger partial charge >= 0.3 is 0 Å². The molecule has 0 radical (unpaired) electrons. The molecule has 164 valence electrons. The number of hydrogen-bond donors (Lipinski definition) is 2. The number of nitrogens with one attached hydrogen (secondary N) is 2. The maximum atomic E-state index is 13.2. The van der Waals surface area contributed by atoms with Gasteiger partial charge in [-0.1, -0.05) is 40.2 Å². The number of guanidine groups is 1. The highest BCUT2D eigenvalue weighted by atomic mass is 79.9. The van der Waals surface area contributed by atoms with E-state index >= 15 is 0 Å². The number of nitrogens with zero attached hydrogens (tertiary/aromatic N) is 2. The van der Waals surface area contributed by atoms with Crippen LogP contribution in [0.3, 0.4) is 0 Å². The van der Waals surface area contributed by atoms with Crippen molar-refractivity contribution in [1.29, 1.82) is 0 Å². The first-order valence-corrected chi connectivity index (χ1v) is 10.8. The predicted molar refractivity (Wildman–Crippen MR) is 127 cm³/mol. The van der Waals surface area contributed by atoms with E-state index in [-0.39, 0.29) is 30.3 Å². The molecule has 0 aliphatic carbocycles. The summed E-state index contributed by atoms with van der Waals surface area (Å²) in [7, 11) is 0. The molecule has 0 bridgehead atoms. The number of aliphatic imine (C=N–C) groups is 1. The van der Waals surface area contributed by atoms with Crippen molar-refractivity contribution < 1.29 is 19.1 Å². The minimum absolute atomic E-state index is 0.167. The number of anilines is 1. The maximum Gasteiger partial charge on any atom is 0.283 e. The molecule has 2 N–H and O–H groups in total. The number of carbonyl (C=O) groups excluding carboxylic acids is 2. The summed E-state index contributed by atoms with van der Waals surface area (Å²) in [6.07, 6.45) is 1.66. The highest BCUT2D eigenvalue weighted by molar-refractivity contribution is 9.10. The number of hydrazine groups is 1. The van der Waals surface area contributed by atoms with Crippen LogP contribution in [-0.2, 0) is 4.79 Å². The van der Waals surface area contributed by atoms with Gasteiger partial charge < -0.3 is 9.47 Å². The Balaban J connectivity index is 1.42. The van der Waals surface area contributed by atoms with Gasteiger partial charge in [0.15, 0.2) is 11.5 Å². The molecule has 0 saturated carbocycles. The third-order valence-electron chi connectivity index (χ3n) is 4.97. The van der Waals surface area contributed by atoms with Crippen LogP contribution < -0.4 is 25.2 Å². The second-order valence-electron chi connectivity index (χ2n) is 7.14. The fraction of sp³-hybridized carbons (Fsp3) is 0.0417. The van der Waals surface area contributed by atoms with Crippen molar-refractivity contribution >= 4 is 45.5 Å². The Bertz CT molecular complexity index is 1290. The van der Waals surface area contributed by atoms with Gasteiger partial charge in [-0.05, 0) is 60.2 Å². The first-order valence-electron chi connectivity index (χ1n) is 10.00. The van der Waals surface area contributed by atoms with E-state index in [2.05, 4.69) is 31.8 Å². The molecule has 33 heavy (non-hydrogen) atoms. The summed E-state index contributed by atoms with van der Waals surface area (Å²) in [6, 6.07) is 21.4. The van der Waals surface area contributed by atoms with Crippen LogP contribution in [-0.4, -0.2) is 24.6 Å². The van der Waals surface area contributed by atoms with Crippen LogP contribution in [0.4, 0.5) is 5.69 Å². The zero-order chi connectivity index (χ0) is 22.8. The Labute approximate surface area is 197 Å². The molecule has 8 nitrogen and oxygen atoms in total. The van der Waals surface area contributed by atoms with Crippen molar-refractivity contribution in [3.8, 4) is 11.5 Å². The van der Waals surface area contributed by atoms with Gasteiger partial charge in [-0.25, -0.2) is 9.89 Å². The van der Waals surface area contributed by atoms with E-state index in [4.69, 9.17) is 9.47 Å². The van der Waals surface area contributed by atoms with Gasteiger partial charge in [-0.2, -0.15) is 0 Å². The molecule has 0 fully saturated rings. The summed E-state index contributed by atoms with van der Waals surface area (Å²) in [4.78, 5) is 31.6. The van der Waals surface area contributed by atoms with Crippen molar-refractivity contribution in [2.75, 3.05) is 11.7 Å². The largest absolute Gasteiger partial charge is 0.454 e. The van der Waals surface area contributed by atoms with Crippen LogP contribution in [0.25, 0.3) is 6.08 Å². The summed E-state index contributed by atoms with van der Waals surface area (Å²) in [5.74, 6) is 0.753. The number of rotatable bonds is 3. The lowest BCUT2D eigenvalue weighted by atomic mass is 10.1. The zero-order valence-corrected chi connectivity index (χ0v) is 18.7. The summed E-state index contributed by atoms with van der Waals surface area (Å²) in [6.45, 7) is 0.167. The molecule has 2 heterocycles. The molecule has 3 aromatic carbocycles. The van der Waals surface area contributed by atoms with Gasteiger partial charge in [-0.3, -0.25) is 20.4 Å². The Hall–Kier alpha value is -4.11. The minimum atomic E-state index is -0.362. The maximum absolute atomic E-state index is 13.2. The zero-order valence-electron chi connectivity index (χ0n) is 17.1. The molecule has 0 aromatic heterocycles. The average Bonchev–Trinajstić information content (AvgIpc) is 3.42. The smallest absolute Gasteiger partial charge is 0.283 e.